The molecular weight excluding hydrogens is 686 g/mol. The standard InChI is InChI=1S/C44H41F3N6O/c1-3-4-24-40-39(41(30-54-2)52(49-40)31-43(45,46)47)29-32-25-27-33(28-26-32)37-22-14-15-23-38(37)42-48-51-53(50-42)44(34-16-8-5-9-17-34,35-18-10-6-11-19-35)36-20-12-7-13-21-36/h5-23,25-28H,3-4,24,29-31H2,1-2H3. The van der Waals surface area contributed by atoms with Crippen molar-refractivity contribution in [1.82, 2.24) is 30.0 Å². The zero-order valence-corrected chi connectivity index (χ0v) is 30.2. The van der Waals surface area contributed by atoms with E-state index in [-0.39, 0.29) is 6.61 Å². The fourth-order valence-electron chi connectivity index (χ4n) is 7.22. The number of halogens is 3. The zero-order chi connectivity index (χ0) is 37.5. The third-order valence-corrected chi connectivity index (χ3v) is 9.73. The minimum absolute atomic E-state index is 0.0454. The first-order chi connectivity index (χ1) is 26.3. The summed E-state index contributed by atoms with van der Waals surface area (Å²) in [5.74, 6) is 0.476. The molecule has 0 fully saturated rings. The van der Waals surface area contributed by atoms with Crippen molar-refractivity contribution in [2.24, 2.45) is 0 Å². The summed E-state index contributed by atoms with van der Waals surface area (Å²) in [5, 5.41) is 19.0. The summed E-state index contributed by atoms with van der Waals surface area (Å²) in [6.45, 7) is 0.952. The minimum atomic E-state index is -4.39. The number of tetrazole rings is 1. The Balaban J connectivity index is 1.26. The maximum absolute atomic E-state index is 13.5. The van der Waals surface area contributed by atoms with Crippen LogP contribution in [0, 0.1) is 0 Å². The zero-order valence-electron chi connectivity index (χ0n) is 30.2. The molecule has 7 rings (SSSR count). The Labute approximate surface area is 313 Å². The fourth-order valence-corrected chi connectivity index (χ4v) is 7.22. The summed E-state index contributed by atoms with van der Waals surface area (Å²) < 4.78 is 47.0. The summed E-state index contributed by atoms with van der Waals surface area (Å²) in [6.07, 6.45) is -1.61. The first kappa shape index (κ1) is 36.5. The number of benzene rings is 5. The lowest BCUT2D eigenvalue weighted by atomic mass is 9.77. The Hall–Kier alpha value is -5.87. The van der Waals surface area contributed by atoms with Crippen LogP contribution in [0.15, 0.2) is 140 Å². The Bertz CT molecular complexity index is 2170. The normalized spacial score (nSPS) is 11.9. The minimum Gasteiger partial charge on any atom is -0.378 e. The molecule has 0 bridgehead atoms. The predicted molar refractivity (Wildman–Crippen MR) is 204 cm³/mol. The van der Waals surface area contributed by atoms with E-state index < -0.39 is 18.3 Å². The fraction of sp³-hybridized carbons (Fsp3) is 0.227. The van der Waals surface area contributed by atoms with Crippen molar-refractivity contribution < 1.29 is 17.9 Å². The summed E-state index contributed by atoms with van der Waals surface area (Å²) >= 11 is 0. The largest absolute Gasteiger partial charge is 0.408 e. The molecule has 0 aliphatic rings. The number of unbranched alkanes of at least 4 members (excludes halogenated alkanes) is 1. The van der Waals surface area contributed by atoms with E-state index in [1.54, 1.807) is 4.80 Å². The molecule has 0 amide bonds. The molecule has 7 aromatic rings. The third kappa shape index (κ3) is 7.47. The Morgan fingerprint density at radius 1 is 0.667 bits per heavy atom. The van der Waals surface area contributed by atoms with Gasteiger partial charge in [0, 0.05) is 24.7 Å². The van der Waals surface area contributed by atoms with E-state index in [4.69, 9.17) is 15.0 Å². The van der Waals surface area contributed by atoms with Crippen LogP contribution in [0.2, 0.25) is 0 Å². The lowest BCUT2D eigenvalue weighted by molar-refractivity contribution is -0.143. The highest BCUT2D eigenvalue weighted by Crippen LogP contribution is 2.40. The van der Waals surface area contributed by atoms with Gasteiger partial charge in [-0.05, 0) is 51.4 Å². The Morgan fingerprint density at radius 3 is 1.76 bits per heavy atom. The molecule has 0 radical (unpaired) electrons. The number of rotatable bonds is 14. The molecule has 0 N–H and O–H groups in total. The molecule has 274 valence electrons. The summed E-state index contributed by atoms with van der Waals surface area (Å²) in [5.41, 5.74) is 7.66. The first-order valence-corrected chi connectivity index (χ1v) is 18.1. The van der Waals surface area contributed by atoms with Crippen LogP contribution in [0.4, 0.5) is 13.2 Å². The second kappa shape index (κ2) is 16.0. The number of methoxy groups -OCH3 is 1. The molecule has 0 aliphatic carbocycles. The van der Waals surface area contributed by atoms with Crippen molar-refractivity contribution in [1.29, 1.82) is 0 Å². The lowest BCUT2D eigenvalue weighted by Crippen LogP contribution is -2.39. The Morgan fingerprint density at radius 2 is 1.22 bits per heavy atom. The van der Waals surface area contributed by atoms with Gasteiger partial charge in [-0.3, -0.25) is 4.68 Å². The highest BCUT2D eigenvalue weighted by molar-refractivity contribution is 5.80. The summed E-state index contributed by atoms with van der Waals surface area (Å²) in [6, 6.07) is 46.7. The average Bonchev–Trinajstić information content (AvgIpc) is 3.80. The highest BCUT2D eigenvalue weighted by atomic mass is 19.4. The number of ether oxygens (including phenoxy) is 1. The lowest BCUT2D eigenvalue weighted by Gasteiger charge is -2.34. The quantitative estimate of drug-likeness (QED) is 0.104. The second-order valence-corrected chi connectivity index (χ2v) is 13.3. The second-order valence-electron chi connectivity index (χ2n) is 13.3. The molecule has 2 aromatic heterocycles. The molecule has 5 aromatic carbocycles. The molecule has 0 saturated heterocycles. The molecule has 0 spiro atoms. The topological polar surface area (TPSA) is 70.7 Å². The molecule has 54 heavy (non-hydrogen) atoms. The van der Waals surface area contributed by atoms with E-state index in [9.17, 15) is 13.2 Å². The van der Waals surface area contributed by atoms with Gasteiger partial charge in [0.25, 0.3) is 0 Å². The van der Waals surface area contributed by atoms with Gasteiger partial charge in [0.15, 0.2) is 5.54 Å². The molecule has 0 saturated carbocycles. The van der Waals surface area contributed by atoms with E-state index in [1.165, 1.54) is 7.11 Å². The van der Waals surface area contributed by atoms with Crippen molar-refractivity contribution in [2.45, 2.75) is 57.5 Å². The van der Waals surface area contributed by atoms with Gasteiger partial charge in [0.05, 0.1) is 18.0 Å². The van der Waals surface area contributed by atoms with Crippen molar-refractivity contribution in [3.63, 3.8) is 0 Å². The molecule has 0 aliphatic heterocycles. The molecule has 10 heteroatoms. The molecule has 0 atom stereocenters. The monoisotopic (exact) mass is 726 g/mol. The maximum atomic E-state index is 13.5. The molecular formula is C44H41F3N6O. The van der Waals surface area contributed by atoms with Gasteiger partial charge < -0.3 is 4.74 Å². The van der Waals surface area contributed by atoms with E-state index in [2.05, 4.69) is 53.5 Å². The van der Waals surface area contributed by atoms with Crippen LogP contribution >= 0.6 is 0 Å². The van der Waals surface area contributed by atoms with Crippen molar-refractivity contribution in [3.8, 4) is 22.5 Å². The third-order valence-electron chi connectivity index (χ3n) is 9.73. The SMILES string of the molecule is CCCCc1nn(CC(F)(F)F)c(COC)c1Cc1ccc(-c2ccccc2-c2nnn(C(c3ccccc3)(c3ccccc3)c3ccccc3)n2)cc1. The first-order valence-electron chi connectivity index (χ1n) is 18.1. The molecule has 7 nitrogen and oxygen atoms in total. The van der Waals surface area contributed by atoms with Crippen molar-refractivity contribution in [3.05, 3.63) is 179 Å². The van der Waals surface area contributed by atoms with Crippen LogP contribution in [0.1, 0.15) is 59.0 Å². The van der Waals surface area contributed by atoms with Crippen LogP contribution in [0.3, 0.4) is 0 Å². The van der Waals surface area contributed by atoms with Gasteiger partial charge in [-0.2, -0.15) is 18.3 Å². The number of alkyl halides is 3. The number of hydrogen-bond acceptors (Lipinski definition) is 5. The molecule has 0 unspecified atom stereocenters. The average molecular weight is 727 g/mol. The predicted octanol–water partition coefficient (Wildman–Crippen LogP) is 9.69. The van der Waals surface area contributed by atoms with Crippen molar-refractivity contribution >= 4 is 0 Å². The van der Waals surface area contributed by atoms with Crippen LogP contribution in [0.25, 0.3) is 22.5 Å². The highest BCUT2D eigenvalue weighted by Gasteiger charge is 2.41. The van der Waals surface area contributed by atoms with E-state index in [0.717, 1.165) is 62.0 Å². The number of hydrogen-bond donors (Lipinski definition) is 0. The van der Waals surface area contributed by atoms with Gasteiger partial charge in [0.1, 0.15) is 6.54 Å². The number of aryl methyl sites for hydroxylation is 1. The van der Waals surface area contributed by atoms with Crippen LogP contribution in [-0.4, -0.2) is 43.3 Å². The van der Waals surface area contributed by atoms with Crippen LogP contribution in [0.5, 0.6) is 0 Å². The van der Waals surface area contributed by atoms with Gasteiger partial charge in [-0.15, -0.1) is 15.0 Å². The van der Waals surface area contributed by atoms with Gasteiger partial charge in [-0.1, -0.05) is 153 Å². The van der Waals surface area contributed by atoms with Gasteiger partial charge in [-0.25, -0.2) is 0 Å². The summed E-state index contributed by atoms with van der Waals surface area (Å²) in [4.78, 5) is 1.72. The summed E-state index contributed by atoms with van der Waals surface area (Å²) in [7, 11) is 1.49. The maximum Gasteiger partial charge on any atom is 0.408 e. The van der Waals surface area contributed by atoms with Crippen LogP contribution in [-0.2, 0) is 36.3 Å². The van der Waals surface area contributed by atoms with Gasteiger partial charge in [0.2, 0.25) is 5.82 Å². The number of aromatic nitrogens is 6. The van der Waals surface area contributed by atoms with Crippen LogP contribution < -0.4 is 0 Å². The Kier molecular flexibility index (Phi) is 10.8. The van der Waals surface area contributed by atoms with Gasteiger partial charge >= 0.3 is 6.18 Å². The smallest absolute Gasteiger partial charge is 0.378 e. The number of nitrogens with zero attached hydrogens (tertiary/aromatic N) is 6. The van der Waals surface area contributed by atoms with Crippen molar-refractivity contribution in [2.75, 3.05) is 7.11 Å². The van der Waals surface area contributed by atoms with E-state index in [0.29, 0.717) is 30.1 Å². The molecule has 2 heterocycles. The van der Waals surface area contributed by atoms with E-state index in [1.807, 2.05) is 103 Å². The van der Waals surface area contributed by atoms with E-state index >= 15 is 0 Å².